The molecule has 0 atom stereocenters. The molecule has 4 heteroatoms. The molecule has 2 rings (SSSR count). The quantitative estimate of drug-likeness (QED) is 0.816. The molecule has 0 unspecified atom stereocenters. The lowest BCUT2D eigenvalue weighted by Gasteiger charge is -2.07. The first kappa shape index (κ1) is 10.1. The fourth-order valence-corrected chi connectivity index (χ4v) is 1.70. The third-order valence-corrected chi connectivity index (χ3v) is 2.59. The highest BCUT2D eigenvalue weighted by Gasteiger charge is 2.25. The number of benzene rings is 1. The summed E-state index contributed by atoms with van der Waals surface area (Å²) in [5.41, 5.74) is 5.29. The third kappa shape index (κ3) is 2.14. The zero-order chi connectivity index (χ0) is 11.0. The normalized spacial score (nSPS) is 15.3. The Hall–Kier alpha value is -1.45. The standard InChI is InChI=1S/C11H11F2NO/c12-8-4-7(3-6-1-2-6)10(11(14)15)9(13)5-8/h4-6H,1-3H2,(H2,14,15). The van der Waals surface area contributed by atoms with Crippen LogP contribution in [0.3, 0.4) is 0 Å². The number of primary amides is 1. The zero-order valence-electron chi connectivity index (χ0n) is 8.09. The van der Waals surface area contributed by atoms with Crippen molar-refractivity contribution in [1.82, 2.24) is 0 Å². The number of hydrogen-bond acceptors (Lipinski definition) is 1. The fraction of sp³-hybridized carbons (Fsp3) is 0.364. The highest BCUT2D eigenvalue weighted by molar-refractivity contribution is 5.94. The Morgan fingerprint density at radius 2 is 2.07 bits per heavy atom. The lowest BCUT2D eigenvalue weighted by molar-refractivity contribution is 0.0995. The summed E-state index contributed by atoms with van der Waals surface area (Å²) >= 11 is 0. The first-order valence-corrected chi connectivity index (χ1v) is 4.85. The van der Waals surface area contributed by atoms with Gasteiger partial charge in [-0.25, -0.2) is 8.78 Å². The van der Waals surface area contributed by atoms with Crippen LogP contribution in [0.4, 0.5) is 8.78 Å². The number of hydrogen-bond donors (Lipinski definition) is 1. The van der Waals surface area contributed by atoms with E-state index in [2.05, 4.69) is 0 Å². The summed E-state index contributed by atoms with van der Waals surface area (Å²) in [5, 5.41) is 0. The van der Waals surface area contributed by atoms with E-state index in [1.165, 1.54) is 6.07 Å². The Morgan fingerprint density at radius 1 is 1.40 bits per heavy atom. The van der Waals surface area contributed by atoms with Crippen LogP contribution < -0.4 is 5.73 Å². The second-order valence-electron chi connectivity index (χ2n) is 3.93. The number of rotatable bonds is 3. The van der Waals surface area contributed by atoms with Crippen LogP contribution >= 0.6 is 0 Å². The molecule has 2 N–H and O–H groups in total. The number of nitrogens with two attached hydrogens (primary N) is 1. The monoisotopic (exact) mass is 211 g/mol. The first-order chi connectivity index (χ1) is 7.08. The van der Waals surface area contributed by atoms with Crippen LogP contribution in [0.1, 0.15) is 28.8 Å². The van der Waals surface area contributed by atoms with Gasteiger partial charge in [0.05, 0.1) is 5.56 Å². The molecule has 80 valence electrons. The van der Waals surface area contributed by atoms with E-state index in [-0.39, 0.29) is 5.56 Å². The van der Waals surface area contributed by atoms with Gasteiger partial charge in [-0.3, -0.25) is 4.79 Å². The van der Waals surface area contributed by atoms with Gasteiger partial charge in [-0.2, -0.15) is 0 Å². The van der Waals surface area contributed by atoms with Crippen molar-refractivity contribution in [2.75, 3.05) is 0 Å². The van der Waals surface area contributed by atoms with Crippen molar-refractivity contribution >= 4 is 5.91 Å². The molecular formula is C11H11F2NO. The van der Waals surface area contributed by atoms with Gasteiger partial charge in [-0.15, -0.1) is 0 Å². The summed E-state index contributed by atoms with van der Waals surface area (Å²) in [6.45, 7) is 0. The molecule has 1 aromatic rings. The van der Waals surface area contributed by atoms with Gasteiger partial charge in [0.1, 0.15) is 11.6 Å². The van der Waals surface area contributed by atoms with E-state index in [4.69, 9.17) is 5.73 Å². The molecule has 0 aliphatic heterocycles. The van der Waals surface area contributed by atoms with E-state index in [1.54, 1.807) is 0 Å². The average Bonchev–Trinajstić information content (AvgIpc) is 2.85. The highest BCUT2D eigenvalue weighted by Crippen LogP contribution is 2.34. The van der Waals surface area contributed by atoms with Crippen LogP contribution in [-0.4, -0.2) is 5.91 Å². The van der Waals surface area contributed by atoms with Crippen molar-refractivity contribution in [3.05, 3.63) is 34.9 Å². The van der Waals surface area contributed by atoms with E-state index in [9.17, 15) is 13.6 Å². The average molecular weight is 211 g/mol. The molecule has 0 saturated heterocycles. The molecule has 0 aromatic heterocycles. The lowest BCUT2D eigenvalue weighted by Crippen LogP contribution is -2.16. The molecule has 0 spiro atoms. The summed E-state index contributed by atoms with van der Waals surface area (Å²) in [5.74, 6) is -1.90. The minimum Gasteiger partial charge on any atom is -0.365 e. The Morgan fingerprint density at radius 3 is 2.60 bits per heavy atom. The SMILES string of the molecule is NC(=O)c1c(F)cc(F)cc1CC1CC1. The molecule has 0 bridgehead atoms. The van der Waals surface area contributed by atoms with Crippen LogP contribution in [0.15, 0.2) is 12.1 Å². The van der Waals surface area contributed by atoms with Crippen LogP contribution in [-0.2, 0) is 6.42 Å². The van der Waals surface area contributed by atoms with Gasteiger partial charge in [0, 0.05) is 6.07 Å². The molecule has 1 fully saturated rings. The molecular weight excluding hydrogens is 200 g/mol. The summed E-state index contributed by atoms with van der Waals surface area (Å²) < 4.78 is 26.2. The number of carbonyl (C=O) groups excluding carboxylic acids is 1. The molecule has 1 saturated carbocycles. The number of amides is 1. The van der Waals surface area contributed by atoms with E-state index in [0.29, 0.717) is 24.0 Å². The third-order valence-electron chi connectivity index (χ3n) is 2.59. The summed E-state index contributed by atoms with van der Waals surface area (Å²) in [7, 11) is 0. The van der Waals surface area contributed by atoms with Crippen molar-refractivity contribution < 1.29 is 13.6 Å². The number of halogens is 2. The first-order valence-electron chi connectivity index (χ1n) is 4.85. The van der Waals surface area contributed by atoms with Crippen LogP contribution in [0.2, 0.25) is 0 Å². The molecule has 1 aliphatic rings. The van der Waals surface area contributed by atoms with Crippen molar-refractivity contribution in [2.24, 2.45) is 11.7 Å². The molecule has 1 aliphatic carbocycles. The molecule has 1 aromatic carbocycles. The van der Waals surface area contributed by atoms with Gasteiger partial charge in [0.2, 0.25) is 0 Å². The lowest BCUT2D eigenvalue weighted by atomic mass is 10.0. The Labute approximate surface area is 86.1 Å². The predicted molar refractivity (Wildman–Crippen MR) is 51.3 cm³/mol. The van der Waals surface area contributed by atoms with Gasteiger partial charge < -0.3 is 5.73 Å². The fourth-order valence-electron chi connectivity index (χ4n) is 1.70. The minimum absolute atomic E-state index is 0.164. The Kier molecular flexibility index (Phi) is 2.42. The van der Waals surface area contributed by atoms with Gasteiger partial charge >= 0.3 is 0 Å². The topological polar surface area (TPSA) is 43.1 Å². The van der Waals surface area contributed by atoms with E-state index in [1.807, 2.05) is 0 Å². The van der Waals surface area contributed by atoms with E-state index >= 15 is 0 Å². The number of carbonyl (C=O) groups is 1. The van der Waals surface area contributed by atoms with Crippen LogP contribution in [0.25, 0.3) is 0 Å². The van der Waals surface area contributed by atoms with Crippen molar-refractivity contribution in [1.29, 1.82) is 0 Å². The summed E-state index contributed by atoms with van der Waals surface area (Å²) in [6, 6.07) is 1.89. The highest BCUT2D eigenvalue weighted by atomic mass is 19.1. The Balaban J connectivity index is 2.42. The maximum absolute atomic E-state index is 13.3. The Bertz CT molecular complexity index is 413. The van der Waals surface area contributed by atoms with Crippen molar-refractivity contribution in [2.45, 2.75) is 19.3 Å². The van der Waals surface area contributed by atoms with Crippen molar-refractivity contribution in [3.8, 4) is 0 Å². The molecule has 15 heavy (non-hydrogen) atoms. The molecule has 1 amide bonds. The summed E-state index contributed by atoms with van der Waals surface area (Å²) in [6.07, 6.45) is 2.64. The minimum atomic E-state index is -0.863. The molecule has 0 radical (unpaired) electrons. The second-order valence-corrected chi connectivity index (χ2v) is 3.93. The maximum Gasteiger partial charge on any atom is 0.251 e. The summed E-state index contributed by atoms with van der Waals surface area (Å²) in [4.78, 5) is 11.0. The maximum atomic E-state index is 13.3. The van der Waals surface area contributed by atoms with Gasteiger partial charge in [-0.1, -0.05) is 0 Å². The smallest absolute Gasteiger partial charge is 0.251 e. The van der Waals surface area contributed by atoms with E-state index in [0.717, 1.165) is 12.8 Å². The van der Waals surface area contributed by atoms with Crippen molar-refractivity contribution in [3.63, 3.8) is 0 Å². The van der Waals surface area contributed by atoms with Crippen LogP contribution in [0.5, 0.6) is 0 Å². The zero-order valence-corrected chi connectivity index (χ0v) is 8.09. The van der Waals surface area contributed by atoms with Gasteiger partial charge in [-0.05, 0) is 36.8 Å². The molecule has 2 nitrogen and oxygen atoms in total. The van der Waals surface area contributed by atoms with E-state index < -0.39 is 17.5 Å². The van der Waals surface area contributed by atoms with Gasteiger partial charge in [0.25, 0.3) is 5.91 Å². The van der Waals surface area contributed by atoms with Crippen LogP contribution in [0, 0.1) is 17.6 Å². The second kappa shape index (κ2) is 3.61. The molecule has 0 heterocycles. The largest absolute Gasteiger partial charge is 0.365 e. The van der Waals surface area contributed by atoms with Gasteiger partial charge in [0.15, 0.2) is 0 Å². The predicted octanol–water partition coefficient (Wildman–Crippen LogP) is 2.02.